The Bertz CT molecular complexity index is 261. The number of hydrogen-bond donors (Lipinski definition) is 0. The molecule has 0 saturated carbocycles. The summed E-state index contributed by atoms with van der Waals surface area (Å²) < 4.78 is 0. The molecule has 0 aromatic heterocycles. The average Bonchev–Trinajstić information content (AvgIpc) is 2.17. The summed E-state index contributed by atoms with van der Waals surface area (Å²) in [6.07, 6.45) is 11.7. The Kier molecular flexibility index (Phi) is 41.7. The number of allylic oxidation sites excluding steroid dienone is 6. The average molecular weight is 302 g/mol. The molecule has 0 aliphatic rings. The van der Waals surface area contributed by atoms with Gasteiger partial charge in [0, 0.05) is 0 Å². The Hall–Kier alpha value is 3.22. The Balaban J connectivity index is -0.000000163. The number of hydrogen-bond acceptors (Lipinski definition) is 0. The van der Waals surface area contributed by atoms with Crippen molar-refractivity contribution in [1.82, 2.24) is 0 Å². The van der Waals surface area contributed by atoms with Crippen LogP contribution in [0.3, 0.4) is 0 Å². The van der Waals surface area contributed by atoms with Crippen LogP contribution >= 0.6 is 0 Å². The Morgan fingerprint density at radius 1 is 0.684 bits per heavy atom. The van der Waals surface area contributed by atoms with Gasteiger partial charge in [0.25, 0.3) is 0 Å². The van der Waals surface area contributed by atoms with Gasteiger partial charge in [-0.1, -0.05) is 34.9 Å². The molecule has 19 heavy (non-hydrogen) atoms. The summed E-state index contributed by atoms with van der Waals surface area (Å²) in [6.45, 7) is 10.9. The standard InChI is InChI=1S/C15H26.4Na.4H/c1-6-14(4)10-8-12-15(5)11-7-9-13(2)3;;;;;;;;/h6,9,12H,7-8,10-11H2,1-5H3;;;;;;;;. The van der Waals surface area contributed by atoms with Crippen LogP contribution in [0.1, 0.15) is 60.3 Å². The molecule has 0 rings (SSSR count). The molecule has 0 saturated heterocycles. The molecule has 0 bridgehead atoms. The van der Waals surface area contributed by atoms with Crippen LogP contribution in [-0.2, 0) is 0 Å². The van der Waals surface area contributed by atoms with Crippen molar-refractivity contribution in [2.45, 2.75) is 60.3 Å². The van der Waals surface area contributed by atoms with E-state index in [1.165, 1.54) is 42.4 Å². The summed E-state index contributed by atoms with van der Waals surface area (Å²) in [5.41, 5.74) is 4.44. The topological polar surface area (TPSA) is 0 Å². The van der Waals surface area contributed by atoms with E-state index < -0.39 is 0 Å². The van der Waals surface area contributed by atoms with Gasteiger partial charge >= 0.3 is 118 Å². The molecule has 94 valence electrons. The molecular weight excluding hydrogens is 272 g/mol. The Morgan fingerprint density at radius 3 is 1.53 bits per heavy atom. The van der Waals surface area contributed by atoms with Crippen molar-refractivity contribution in [2.24, 2.45) is 0 Å². The molecule has 0 nitrogen and oxygen atoms in total. The van der Waals surface area contributed by atoms with Crippen LogP contribution < -0.4 is 0 Å². The van der Waals surface area contributed by atoms with E-state index in [1.807, 2.05) is 0 Å². The minimum atomic E-state index is 0. The minimum absolute atomic E-state index is 0. The van der Waals surface area contributed by atoms with Crippen molar-refractivity contribution >= 4 is 118 Å². The molecule has 0 amide bonds. The van der Waals surface area contributed by atoms with E-state index in [0.29, 0.717) is 0 Å². The van der Waals surface area contributed by atoms with Crippen molar-refractivity contribution in [2.75, 3.05) is 0 Å². The summed E-state index contributed by atoms with van der Waals surface area (Å²) in [6, 6.07) is 0. The summed E-state index contributed by atoms with van der Waals surface area (Å²) in [7, 11) is 0. The Labute approximate surface area is 209 Å². The quantitative estimate of drug-likeness (QED) is 0.523. The molecule has 4 heteroatoms. The van der Waals surface area contributed by atoms with Crippen LogP contribution in [0.4, 0.5) is 0 Å². The van der Waals surface area contributed by atoms with Crippen molar-refractivity contribution in [1.29, 1.82) is 0 Å². The molecule has 0 aliphatic carbocycles. The molecule has 0 unspecified atom stereocenters. The second-order valence-corrected chi connectivity index (χ2v) is 4.54. The van der Waals surface area contributed by atoms with E-state index in [9.17, 15) is 0 Å². The van der Waals surface area contributed by atoms with E-state index in [1.54, 1.807) is 0 Å². The zero-order chi connectivity index (χ0) is 11.7. The monoisotopic (exact) mass is 302 g/mol. The zero-order valence-corrected chi connectivity index (χ0v) is 11.1. The van der Waals surface area contributed by atoms with Gasteiger partial charge in [-0.15, -0.1) is 0 Å². The van der Waals surface area contributed by atoms with Crippen LogP contribution in [0, 0.1) is 0 Å². The van der Waals surface area contributed by atoms with Gasteiger partial charge in [-0.25, -0.2) is 0 Å². The van der Waals surface area contributed by atoms with Gasteiger partial charge in [-0.2, -0.15) is 0 Å². The van der Waals surface area contributed by atoms with Crippen LogP contribution in [-0.4, -0.2) is 118 Å². The first-order valence-corrected chi connectivity index (χ1v) is 5.97. The molecule has 0 aromatic rings. The van der Waals surface area contributed by atoms with Crippen LogP contribution in [0.15, 0.2) is 34.9 Å². The summed E-state index contributed by atoms with van der Waals surface area (Å²) in [5, 5.41) is 0. The van der Waals surface area contributed by atoms with Crippen molar-refractivity contribution in [3.05, 3.63) is 34.9 Å². The zero-order valence-electron chi connectivity index (χ0n) is 11.1. The fourth-order valence-corrected chi connectivity index (χ4v) is 1.38. The SMILES string of the molecule is CC=C(C)CCC=C(C)CCC=C(C)C.[NaH].[NaH].[NaH].[NaH]. The third-order valence-electron chi connectivity index (χ3n) is 2.62. The molecule has 0 atom stereocenters. The first-order valence-electron chi connectivity index (χ1n) is 5.97. The second-order valence-electron chi connectivity index (χ2n) is 4.54. The fourth-order valence-electron chi connectivity index (χ4n) is 1.38. The molecule has 0 aliphatic heterocycles. The van der Waals surface area contributed by atoms with Gasteiger partial charge in [0.2, 0.25) is 0 Å². The molecule has 0 fully saturated rings. The van der Waals surface area contributed by atoms with Crippen LogP contribution in [0.5, 0.6) is 0 Å². The van der Waals surface area contributed by atoms with Gasteiger partial charge in [0.15, 0.2) is 0 Å². The normalized spacial score (nSPS) is 10.2. The summed E-state index contributed by atoms with van der Waals surface area (Å²) in [4.78, 5) is 0. The van der Waals surface area contributed by atoms with Crippen LogP contribution in [0.2, 0.25) is 0 Å². The van der Waals surface area contributed by atoms with Gasteiger partial charge in [0.05, 0.1) is 0 Å². The van der Waals surface area contributed by atoms with Crippen molar-refractivity contribution < 1.29 is 0 Å². The predicted molar refractivity (Wildman–Crippen MR) is 99.7 cm³/mol. The molecule has 0 radical (unpaired) electrons. The maximum absolute atomic E-state index is 2.38. The first-order chi connectivity index (χ1) is 7.06. The van der Waals surface area contributed by atoms with Crippen molar-refractivity contribution in [3.8, 4) is 0 Å². The third-order valence-corrected chi connectivity index (χ3v) is 2.62. The van der Waals surface area contributed by atoms with E-state index in [0.717, 1.165) is 0 Å². The van der Waals surface area contributed by atoms with E-state index >= 15 is 0 Å². The second kappa shape index (κ2) is 23.5. The van der Waals surface area contributed by atoms with Gasteiger partial charge < -0.3 is 0 Å². The summed E-state index contributed by atoms with van der Waals surface area (Å²) >= 11 is 0. The molecule has 0 N–H and O–H groups in total. The third kappa shape index (κ3) is 26.4. The van der Waals surface area contributed by atoms with E-state index in [4.69, 9.17) is 0 Å². The molecular formula is C15H30Na4. The maximum atomic E-state index is 2.38. The molecule has 0 heterocycles. The summed E-state index contributed by atoms with van der Waals surface area (Å²) in [5.74, 6) is 0. The first kappa shape index (κ1) is 33.7. The van der Waals surface area contributed by atoms with Crippen LogP contribution in [0.25, 0.3) is 0 Å². The van der Waals surface area contributed by atoms with E-state index in [-0.39, 0.29) is 118 Å². The predicted octanol–water partition coefficient (Wildman–Crippen LogP) is 2.83. The van der Waals surface area contributed by atoms with Gasteiger partial charge in [-0.3, -0.25) is 0 Å². The number of rotatable bonds is 6. The van der Waals surface area contributed by atoms with E-state index in [2.05, 4.69) is 52.8 Å². The Morgan fingerprint density at radius 2 is 1.11 bits per heavy atom. The van der Waals surface area contributed by atoms with Gasteiger partial charge in [-0.05, 0) is 60.3 Å². The van der Waals surface area contributed by atoms with Gasteiger partial charge in [0.1, 0.15) is 0 Å². The molecule has 0 aromatic carbocycles. The van der Waals surface area contributed by atoms with Crippen molar-refractivity contribution in [3.63, 3.8) is 0 Å². The molecule has 0 spiro atoms. The fraction of sp³-hybridized carbons (Fsp3) is 0.600.